The first-order chi connectivity index (χ1) is 6.22. The van der Waals surface area contributed by atoms with Crippen LogP contribution in [-0.4, -0.2) is 49.3 Å². The molecule has 0 aromatic carbocycles. The SMILES string of the molecule is CCCCC[N+]1(CC)CCN(C)C1. The quantitative estimate of drug-likeness (QED) is 0.467. The summed E-state index contributed by atoms with van der Waals surface area (Å²) < 4.78 is 1.34. The zero-order valence-electron chi connectivity index (χ0n) is 9.55. The van der Waals surface area contributed by atoms with E-state index in [-0.39, 0.29) is 0 Å². The fraction of sp³-hybridized carbons (Fsp3) is 1.00. The number of unbranched alkanes of at least 4 members (excludes halogenated alkanes) is 2. The molecule has 1 fully saturated rings. The summed E-state index contributed by atoms with van der Waals surface area (Å²) >= 11 is 0. The molecule has 0 spiro atoms. The van der Waals surface area contributed by atoms with Crippen molar-refractivity contribution in [3.63, 3.8) is 0 Å². The predicted molar refractivity (Wildman–Crippen MR) is 57.6 cm³/mol. The van der Waals surface area contributed by atoms with Gasteiger partial charge in [0.1, 0.15) is 6.67 Å². The Kier molecular flexibility index (Phi) is 4.20. The van der Waals surface area contributed by atoms with Gasteiger partial charge in [-0.1, -0.05) is 13.3 Å². The van der Waals surface area contributed by atoms with Gasteiger partial charge in [0.15, 0.2) is 0 Å². The molecule has 2 heteroatoms. The van der Waals surface area contributed by atoms with Gasteiger partial charge in [0.25, 0.3) is 0 Å². The summed E-state index contributed by atoms with van der Waals surface area (Å²) in [7, 11) is 2.25. The molecule has 0 aromatic rings. The summed E-state index contributed by atoms with van der Waals surface area (Å²) in [5.74, 6) is 0. The van der Waals surface area contributed by atoms with Gasteiger partial charge >= 0.3 is 0 Å². The van der Waals surface area contributed by atoms with Gasteiger partial charge in [-0.25, -0.2) is 0 Å². The van der Waals surface area contributed by atoms with Gasteiger partial charge in [-0.2, -0.15) is 0 Å². The van der Waals surface area contributed by atoms with Gasteiger partial charge in [-0.05, 0) is 26.8 Å². The van der Waals surface area contributed by atoms with Crippen LogP contribution in [0.25, 0.3) is 0 Å². The number of hydrogen-bond donors (Lipinski definition) is 0. The first-order valence-corrected chi connectivity index (χ1v) is 5.76. The predicted octanol–water partition coefficient (Wildman–Crippen LogP) is 1.92. The van der Waals surface area contributed by atoms with Crippen LogP contribution in [0.2, 0.25) is 0 Å². The van der Waals surface area contributed by atoms with Crippen LogP contribution >= 0.6 is 0 Å². The molecule has 1 saturated heterocycles. The first-order valence-electron chi connectivity index (χ1n) is 5.76. The lowest BCUT2D eigenvalue weighted by Gasteiger charge is -2.32. The van der Waals surface area contributed by atoms with Gasteiger partial charge in [-0.3, -0.25) is 4.90 Å². The normalized spacial score (nSPS) is 29.8. The van der Waals surface area contributed by atoms with Crippen LogP contribution in [0, 0.1) is 0 Å². The molecule has 1 unspecified atom stereocenters. The monoisotopic (exact) mass is 185 g/mol. The van der Waals surface area contributed by atoms with E-state index in [1.165, 1.54) is 56.6 Å². The van der Waals surface area contributed by atoms with Crippen molar-refractivity contribution in [2.75, 3.05) is 39.9 Å². The number of rotatable bonds is 5. The molecular formula is C11H25N2+. The highest BCUT2D eigenvalue weighted by Crippen LogP contribution is 2.16. The third-order valence-electron chi connectivity index (χ3n) is 3.40. The molecule has 1 aliphatic heterocycles. The minimum Gasteiger partial charge on any atom is -0.310 e. The molecule has 1 aliphatic rings. The van der Waals surface area contributed by atoms with E-state index in [1.807, 2.05) is 0 Å². The van der Waals surface area contributed by atoms with Crippen molar-refractivity contribution in [1.82, 2.24) is 4.90 Å². The molecule has 2 nitrogen and oxygen atoms in total. The van der Waals surface area contributed by atoms with Gasteiger partial charge < -0.3 is 4.48 Å². The summed E-state index contributed by atoms with van der Waals surface area (Å²) in [4.78, 5) is 2.47. The van der Waals surface area contributed by atoms with Crippen LogP contribution in [0.3, 0.4) is 0 Å². The van der Waals surface area contributed by atoms with Gasteiger partial charge in [-0.15, -0.1) is 0 Å². The average molecular weight is 185 g/mol. The lowest BCUT2D eigenvalue weighted by atomic mass is 10.2. The van der Waals surface area contributed by atoms with Crippen molar-refractivity contribution in [3.05, 3.63) is 0 Å². The molecule has 1 heterocycles. The third kappa shape index (κ3) is 2.96. The minimum absolute atomic E-state index is 1.28. The standard InChI is InChI=1S/C11H25N2/c1-4-6-7-9-13(5-2)10-8-12(3)11-13/h4-11H2,1-3H3/q+1. The van der Waals surface area contributed by atoms with Crippen molar-refractivity contribution in [3.8, 4) is 0 Å². The molecule has 0 aliphatic carbocycles. The molecular weight excluding hydrogens is 160 g/mol. The minimum atomic E-state index is 1.28. The van der Waals surface area contributed by atoms with Crippen LogP contribution in [0.15, 0.2) is 0 Å². The lowest BCUT2D eigenvalue weighted by molar-refractivity contribution is -0.919. The highest BCUT2D eigenvalue weighted by Gasteiger charge is 2.32. The van der Waals surface area contributed by atoms with E-state index in [0.717, 1.165) is 0 Å². The summed E-state index contributed by atoms with van der Waals surface area (Å²) in [6.07, 6.45) is 4.17. The molecule has 13 heavy (non-hydrogen) atoms. The fourth-order valence-corrected chi connectivity index (χ4v) is 2.33. The molecule has 0 amide bonds. The Morgan fingerprint density at radius 3 is 2.46 bits per heavy atom. The topological polar surface area (TPSA) is 3.24 Å². The van der Waals surface area contributed by atoms with E-state index < -0.39 is 0 Å². The zero-order valence-corrected chi connectivity index (χ0v) is 9.55. The summed E-state index contributed by atoms with van der Waals surface area (Å²) in [5, 5.41) is 0. The van der Waals surface area contributed by atoms with Gasteiger partial charge in [0, 0.05) is 0 Å². The maximum atomic E-state index is 2.47. The van der Waals surface area contributed by atoms with Crippen LogP contribution in [0.5, 0.6) is 0 Å². The molecule has 0 aromatic heterocycles. The maximum Gasteiger partial charge on any atom is 0.135 e. The second-order valence-corrected chi connectivity index (χ2v) is 4.53. The van der Waals surface area contributed by atoms with Crippen molar-refractivity contribution in [2.45, 2.75) is 33.1 Å². The summed E-state index contributed by atoms with van der Waals surface area (Å²) in [6.45, 7) is 11.3. The molecule has 0 radical (unpaired) electrons. The Hall–Kier alpha value is -0.0800. The highest BCUT2D eigenvalue weighted by molar-refractivity contribution is 4.56. The molecule has 1 rings (SSSR count). The Morgan fingerprint density at radius 1 is 1.23 bits per heavy atom. The maximum absolute atomic E-state index is 2.47. The summed E-state index contributed by atoms with van der Waals surface area (Å²) in [6, 6.07) is 0. The van der Waals surface area contributed by atoms with Crippen LogP contribution in [0.1, 0.15) is 33.1 Å². The number of likely N-dealkylation sites (N-methyl/N-ethyl adjacent to an activating group) is 2. The average Bonchev–Trinajstić information content (AvgIpc) is 2.49. The zero-order chi connectivity index (χ0) is 9.73. The molecule has 78 valence electrons. The van der Waals surface area contributed by atoms with E-state index in [9.17, 15) is 0 Å². The Balaban J connectivity index is 2.32. The van der Waals surface area contributed by atoms with E-state index in [4.69, 9.17) is 0 Å². The van der Waals surface area contributed by atoms with Gasteiger partial charge in [0.2, 0.25) is 0 Å². The van der Waals surface area contributed by atoms with E-state index in [0.29, 0.717) is 0 Å². The van der Waals surface area contributed by atoms with Crippen LogP contribution in [0.4, 0.5) is 0 Å². The Morgan fingerprint density at radius 2 is 2.00 bits per heavy atom. The molecule has 0 N–H and O–H groups in total. The second-order valence-electron chi connectivity index (χ2n) is 4.53. The first kappa shape index (κ1) is 11.0. The smallest absolute Gasteiger partial charge is 0.135 e. The van der Waals surface area contributed by atoms with Crippen molar-refractivity contribution in [1.29, 1.82) is 0 Å². The Bertz CT molecular complexity index is 147. The third-order valence-corrected chi connectivity index (χ3v) is 3.40. The Labute approximate surface area is 83.1 Å². The van der Waals surface area contributed by atoms with Crippen molar-refractivity contribution in [2.24, 2.45) is 0 Å². The molecule has 0 saturated carbocycles. The number of nitrogens with zero attached hydrogens (tertiary/aromatic N) is 2. The van der Waals surface area contributed by atoms with Crippen LogP contribution < -0.4 is 0 Å². The van der Waals surface area contributed by atoms with Crippen LogP contribution in [-0.2, 0) is 0 Å². The van der Waals surface area contributed by atoms with Gasteiger partial charge in [0.05, 0.1) is 26.2 Å². The fourth-order valence-electron chi connectivity index (χ4n) is 2.33. The van der Waals surface area contributed by atoms with E-state index in [2.05, 4.69) is 25.8 Å². The number of quaternary nitrogens is 1. The van der Waals surface area contributed by atoms with E-state index >= 15 is 0 Å². The second kappa shape index (κ2) is 4.97. The van der Waals surface area contributed by atoms with Crippen molar-refractivity contribution >= 4 is 0 Å². The number of hydrogen-bond acceptors (Lipinski definition) is 1. The van der Waals surface area contributed by atoms with E-state index in [1.54, 1.807) is 0 Å². The lowest BCUT2D eigenvalue weighted by Crippen LogP contribution is -2.47. The molecule has 0 bridgehead atoms. The highest BCUT2D eigenvalue weighted by atomic mass is 15.5. The largest absolute Gasteiger partial charge is 0.310 e. The van der Waals surface area contributed by atoms with Crippen molar-refractivity contribution < 1.29 is 4.48 Å². The molecule has 1 atom stereocenters. The summed E-state index contributed by atoms with van der Waals surface area (Å²) in [5.41, 5.74) is 0.